The van der Waals surface area contributed by atoms with E-state index in [4.69, 9.17) is 0 Å². The molecule has 1 aliphatic heterocycles. The molecule has 0 atom stereocenters. The molecule has 0 unspecified atom stereocenters. The SMILES string of the molecule is CCS(=O)(=O)N1CC(CC#N)(n2cc(-c3nc(Nc4ccc(F)cc4)nc4ccsc34)cn2)C1. The van der Waals surface area contributed by atoms with Crippen LogP contribution in [-0.2, 0) is 15.6 Å². The highest BCUT2D eigenvalue weighted by Gasteiger charge is 2.49. The van der Waals surface area contributed by atoms with Gasteiger partial charge in [0.15, 0.2) is 0 Å². The van der Waals surface area contributed by atoms with Crippen LogP contribution in [0.5, 0.6) is 0 Å². The summed E-state index contributed by atoms with van der Waals surface area (Å²) in [4.78, 5) is 9.23. The summed E-state index contributed by atoms with van der Waals surface area (Å²) in [6.45, 7) is 2.01. The van der Waals surface area contributed by atoms with Crippen LogP contribution in [0.2, 0.25) is 0 Å². The fourth-order valence-corrected chi connectivity index (χ4v) is 6.04. The van der Waals surface area contributed by atoms with Crippen LogP contribution in [0, 0.1) is 17.1 Å². The molecule has 1 aromatic carbocycles. The maximum absolute atomic E-state index is 13.3. The number of anilines is 2. The smallest absolute Gasteiger partial charge is 0.228 e. The number of thiophene rings is 1. The number of halogens is 1. The van der Waals surface area contributed by atoms with Gasteiger partial charge in [0.1, 0.15) is 11.4 Å². The van der Waals surface area contributed by atoms with Gasteiger partial charge in [-0.3, -0.25) is 4.68 Å². The first-order valence-corrected chi connectivity index (χ1v) is 13.0. The van der Waals surface area contributed by atoms with E-state index in [1.807, 2.05) is 11.4 Å². The summed E-state index contributed by atoms with van der Waals surface area (Å²) < 4.78 is 41.6. The summed E-state index contributed by atoms with van der Waals surface area (Å²) in [5, 5.41) is 18.9. The van der Waals surface area contributed by atoms with Crippen molar-refractivity contribution in [2.45, 2.75) is 18.9 Å². The monoisotopic (exact) mass is 497 g/mol. The Hall–Kier alpha value is -3.40. The van der Waals surface area contributed by atoms with Crippen LogP contribution in [0.4, 0.5) is 16.0 Å². The lowest BCUT2D eigenvalue weighted by atomic mass is 9.89. The van der Waals surface area contributed by atoms with E-state index in [0.29, 0.717) is 17.3 Å². The van der Waals surface area contributed by atoms with E-state index in [-0.39, 0.29) is 31.1 Å². The maximum atomic E-state index is 13.3. The van der Waals surface area contributed by atoms with Crippen molar-refractivity contribution >= 4 is 43.2 Å². The Morgan fingerprint density at radius 1 is 1.24 bits per heavy atom. The van der Waals surface area contributed by atoms with E-state index in [9.17, 15) is 18.1 Å². The maximum Gasteiger partial charge on any atom is 0.228 e. The van der Waals surface area contributed by atoms with Crippen molar-refractivity contribution < 1.29 is 12.8 Å². The molecular weight excluding hydrogens is 477 g/mol. The number of benzene rings is 1. The first-order chi connectivity index (χ1) is 16.3. The quantitative estimate of drug-likeness (QED) is 0.414. The minimum Gasteiger partial charge on any atom is -0.324 e. The molecule has 0 amide bonds. The minimum absolute atomic E-state index is 0.0150. The summed E-state index contributed by atoms with van der Waals surface area (Å²) in [6, 6.07) is 9.98. The van der Waals surface area contributed by atoms with Gasteiger partial charge in [0.25, 0.3) is 0 Å². The lowest BCUT2D eigenvalue weighted by Gasteiger charge is -2.47. The third-order valence-electron chi connectivity index (χ3n) is 5.85. The number of nitrogens with one attached hydrogen (secondary N) is 1. The number of hydrogen-bond acceptors (Lipinski definition) is 8. The molecule has 0 aliphatic carbocycles. The van der Waals surface area contributed by atoms with Gasteiger partial charge in [-0.2, -0.15) is 14.7 Å². The first-order valence-electron chi connectivity index (χ1n) is 10.5. The summed E-state index contributed by atoms with van der Waals surface area (Å²) >= 11 is 1.50. The molecule has 1 N–H and O–H groups in total. The van der Waals surface area contributed by atoms with E-state index >= 15 is 0 Å². The second kappa shape index (κ2) is 8.43. The molecule has 1 fully saturated rings. The van der Waals surface area contributed by atoms with E-state index in [2.05, 4.69) is 26.5 Å². The fraction of sp³-hybridized carbons (Fsp3) is 0.273. The Morgan fingerprint density at radius 2 is 2.00 bits per heavy atom. The zero-order chi connectivity index (χ0) is 23.9. The van der Waals surface area contributed by atoms with Crippen molar-refractivity contribution in [3.63, 3.8) is 0 Å². The summed E-state index contributed by atoms with van der Waals surface area (Å²) in [7, 11) is -3.33. The lowest BCUT2D eigenvalue weighted by Crippen LogP contribution is -2.64. The summed E-state index contributed by atoms with van der Waals surface area (Å²) in [5.74, 6) is 0.0394. The molecule has 3 aromatic heterocycles. The number of rotatable bonds is 7. The van der Waals surface area contributed by atoms with E-state index in [1.165, 1.54) is 27.8 Å². The number of hydrogen-bond donors (Lipinski definition) is 1. The van der Waals surface area contributed by atoms with Gasteiger partial charge in [0.2, 0.25) is 16.0 Å². The zero-order valence-corrected chi connectivity index (χ0v) is 19.8. The van der Waals surface area contributed by atoms with Crippen molar-refractivity contribution in [3.05, 3.63) is 53.9 Å². The molecule has 1 aliphatic rings. The van der Waals surface area contributed by atoms with Gasteiger partial charge in [-0.25, -0.2) is 22.8 Å². The van der Waals surface area contributed by atoms with Crippen LogP contribution in [0.25, 0.3) is 21.5 Å². The topological polar surface area (TPSA) is 117 Å². The molecule has 174 valence electrons. The fourth-order valence-electron chi connectivity index (χ4n) is 3.96. The van der Waals surface area contributed by atoms with Crippen LogP contribution in [0.1, 0.15) is 13.3 Å². The Balaban J connectivity index is 1.49. The number of nitriles is 1. The van der Waals surface area contributed by atoms with Gasteiger partial charge >= 0.3 is 0 Å². The number of sulfonamides is 1. The standard InChI is InChI=1S/C22H20FN7O2S2/c1-2-34(31,32)29-13-22(14-29,8-9-24)30-12-15(11-25-30)19-20-18(7-10-33-20)27-21(28-19)26-17-5-3-16(23)4-6-17/h3-7,10-12H,2,8,13-14H2,1H3,(H,26,27,28). The second-order valence-corrected chi connectivity index (χ2v) is 11.2. The number of aromatic nitrogens is 4. The molecule has 0 spiro atoms. The Morgan fingerprint density at radius 3 is 2.71 bits per heavy atom. The molecule has 12 heteroatoms. The molecule has 5 rings (SSSR count). The van der Waals surface area contributed by atoms with E-state index in [0.717, 1.165) is 15.8 Å². The van der Waals surface area contributed by atoms with Crippen molar-refractivity contribution in [1.29, 1.82) is 5.26 Å². The van der Waals surface area contributed by atoms with Crippen LogP contribution in [-0.4, -0.2) is 51.3 Å². The minimum atomic E-state index is -3.33. The van der Waals surface area contributed by atoms with Crippen molar-refractivity contribution in [1.82, 2.24) is 24.1 Å². The van der Waals surface area contributed by atoms with Gasteiger partial charge in [-0.05, 0) is 42.6 Å². The Bertz CT molecular complexity index is 1500. The predicted molar refractivity (Wildman–Crippen MR) is 128 cm³/mol. The van der Waals surface area contributed by atoms with Gasteiger partial charge in [0, 0.05) is 30.5 Å². The molecule has 4 aromatic rings. The van der Waals surface area contributed by atoms with Crippen molar-refractivity contribution in [2.24, 2.45) is 0 Å². The molecular formula is C22H20FN7O2S2. The van der Waals surface area contributed by atoms with Gasteiger partial charge in [-0.1, -0.05) is 0 Å². The highest BCUT2D eigenvalue weighted by atomic mass is 32.2. The average Bonchev–Trinajstić information content (AvgIpc) is 3.47. The molecule has 34 heavy (non-hydrogen) atoms. The van der Waals surface area contributed by atoms with Crippen LogP contribution in [0.15, 0.2) is 48.1 Å². The molecule has 0 bridgehead atoms. The number of nitrogens with zero attached hydrogens (tertiary/aromatic N) is 6. The first kappa shape index (κ1) is 22.4. The predicted octanol–water partition coefficient (Wildman–Crippen LogP) is 3.71. The molecule has 4 heterocycles. The van der Waals surface area contributed by atoms with Gasteiger partial charge in [0.05, 0.1) is 40.4 Å². The largest absolute Gasteiger partial charge is 0.324 e. The molecule has 9 nitrogen and oxygen atoms in total. The second-order valence-electron chi connectivity index (χ2n) is 8.06. The summed E-state index contributed by atoms with van der Waals surface area (Å²) in [6.07, 6.45) is 3.61. The Kier molecular flexibility index (Phi) is 5.55. The molecule has 1 saturated heterocycles. The average molecular weight is 498 g/mol. The normalized spacial score (nSPS) is 15.7. The molecule has 0 saturated carbocycles. The molecule has 0 radical (unpaired) electrons. The zero-order valence-electron chi connectivity index (χ0n) is 18.1. The van der Waals surface area contributed by atoms with Crippen molar-refractivity contribution in [2.75, 3.05) is 24.2 Å². The van der Waals surface area contributed by atoms with Crippen LogP contribution in [0.3, 0.4) is 0 Å². The van der Waals surface area contributed by atoms with E-state index < -0.39 is 15.6 Å². The van der Waals surface area contributed by atoms with Crippen LogP contribution >= 0.6 is 11.3 Å². The highest BCUT2D eigenvalue weighted by molar-refractivity contribution is 7.89. The third kappa shape index (κ3) is 3.91. The van der Waals surface area contributed by atoms with Crippen molar-refractivity contribution in [3.8, 4) is 17.3 Å². The van der Waals surface area contributed by atoms with Gasteiger partial charge in [-0.15, -0.1) is 11.3 Å². The number of fused-ring (bicyclic) bond motifs is 1. The third-order valence-corrected chi connectivity index (χ3v) is 8.54. The highest BCUT2D eigenvalue weighted by Crippen LogP contribution is 2.37. The van der Waals surface area contributed by atoms with Gasteiger partial charge < -0.3 is 5.32 Å². The Labute approximate surface area is 199 Å². The summed E-state index contributed by atoms with van der Waals surface area (Å²) in [5.41, 5.74) is 2.08. The van der Waals surface area contributed by atoms with Crippen LogP contribution < -0.4 is 5.32 Å². The van der Waals surface area contributed by atoms with E-state index in [1.54, 1.807) is 36.1 Å². The lowest BCUT2D eigenvalue weighted by molar-refractivity contribution is 0.0719.